The van der Waals surface area contributed by atoms with Crippen LogP contribution in [0, 0.1) is 13.8 Å². The van der Waals surface area contributed by atoms with Crippen LogP contribution < -0.4 is 10.3 Å². The van der Waals surface area contributed by atoms with Gasteiger partial charge in [-0.2, -0.15) is 5.10 Å². The van der Waals surface area contributed by atoms with Crippen LogP contribution in [0.4, 0.5) is 0 Å². The summed E-state index contributed by atoms with van der Waals surface area (Å²) in [6, 6.07) is 11.6. The fourth-order valence-electron chi connectivity index (χ4n) is 2.59. The van der Waals surface area contributed by atoms with Gasteiger partial charge in [0, 0.05) is 10.9 Å². The van der Waals surface area contributed by atoms with Crippen molar-refractivity contribution in [2.75, 3.05) is 7.11 Å². The summed E-state index contributed by atoms with van der Waals surface area (Å²) in [5, 5.41) is 8.47. The largest absolute Gasteiger partial charge is 0.497 e. The first-order valence-electron chi connectivity index (χ1n) is 6.75. The van der Waals surface area contributed by atoms with Crippen molar-refractivity contribution >= 4 is 10.8 Å². The standard InChI is InChI=1S/C17H16N2O2/c1-10-4-5-11(2)15-14(10)16(18-19-17(15)20)12-6-8-13(21-3)9-7-12/h4-9H,1-3H3,(H,19,20). The molecule has 0 fully saturated rings. The molecule has 106 valence electrons. The van der Waals surface area contributed by atoms with E-state index in [1.165, 1.54) is 0 Å². The summed E-state index contributed by atoms with van der Waals surface area (Å²) in [6.07, 6.45) is 0. The van der Waals surface area contributed by atoms with Crippen LogP contribution in [0.1, 0.15) is 11.1 Å². The van der Waals surface area contributed by atoms with E-state index in [1.54, 1.807) is 7.11 Å². The third kappa shape index (κ3) is 2.18. The highest BCUT2D eigenvalue weighted by Crippen LogP contribution is 2.29. The number of aromatic nitrogens is 2. The predicted octanol–water partition coefficient (Wildman–Crippen LogP) is 3.22. The zero-order valence-corrected chi connectivity index (χ0v) is 12.2. The summed E-state index contributed by atoms with van der Waals surface area (Å²) in [7, 11) is 1.64. The SMILES string of the molecule is COc1ccc(-c2n[nH]c(=O)c3c(C)ccc(C)c23)cc1. The molecule has 0 atom stereocenters. The van der Waals surface area contributed by atoms with E-state index in [0.29, 0.717) is 5.39 Å². The molecule has 0 aliphatic heterocycles. The van der Waals surface area contributed by atoms with Crippen LogP contribution in [0.3, 0.4) is 0 Å². The molecule has 0 saturated heterocycles. The summed E-state index contributed by atoms with van der Waals surface area (Å²) >= 11 is 0. The van der Waals surface area contributed by atoms with E-state index in [1.807, 2.05) is 50.2 Å². The summed E-state index contributed by atoms with van der Waals surface area (Å²) in [5.41, 5.74) is 3.58. The maximum atomic E-state index is 12.1. The van der Waals surface area contributed by atoms with E-state index in [9.17, 15) is 4.79 Å². The van der Waals surface area contributed by atoms with Gasteiger partial charge in [0.05, 0.1) is 18.2 Å². The highest BCUT2D eigenvalue weighted by molar-refractivity contribution is 5.97. The van der Waals surface area contributed by atoms with E-state index in [0.717, 1.165) is 33.5 Å². The molecule has 0 spiro atoms. The number of hydrogen-bond acceptors (Lipinski definition) is 3. The lowest BCUT2D eigenvalue weighted by molar-refractivity contribution is 0.415. The highest BCUT2D eigenvalue weighted by atomic mass is 16.5. The zero-order chi connectivity index (χ0) is 15.0. The Morgan fingerprint density at radius 3 is 2.19 bits per heavy atom. The third-order valence-corrected chi connectivity index (χ3v) is 3.72. The zero-order valence-electron chi connectivity index (χ0n) is 12.2. The average molecular weight is 280 g/mol. The number of methoxy groups -OCH3 is 1. The first kappa shape index (κ1) is 13.4. The third-order valence-electron chi connectivity index (χ3n) is 3.72. The van der Waals surface area contributed by atoms with Crippen molar-refractivity contribution in [2.24, 2.45) is 0 Å². The van der Waals surface area contributed by atoms with Crippen molar-refractivity contribution in [1.29, 1.82) is 0 Å². The quantitative estimate of drug-likeness (QED) is 0.784. The molecule has 0 bridgehead atoms. The van der Waals surface area contributed by atoms with Crippen LogP contribution in [0.5, 0.6) is 5.75 Å². The Balaban J connectivity index is 2.35. The Morgan fingerprint density at radius 1 is 0.952 bits per heavy atom. The van der Waals surface area contributed by atoms with Gasteiger partial charge < -0.3 is 4.74 Å². The second kappa shape index (κ2) is 5.05. The molecule has 0 aliphatic carbocycles. The second-order valence-electron chi connectivity index (χ2n) is 5.08. The molecule has 4 nitrogen and oxygen atoms in total. The summed E-state index contributed by atoms with van der Waals surface area (Å²) in [5.74, 6) is 0.792. The van der Waals surface area contributed by atoms with Gasteiger partial charge in [0.1, 0.15) is 5.75 Å². The van der Waals surface area contributed by atoms with Crippen molar-refractivity contribution in [1.82, 2.24) is 10.2 Å². The van der Waals surface area contributed by atoms with Gasteiger partial charge in [-0.3, -0.25) is 4.79 Å². The van der Waals surface area contributed by atoms with Crippen LogP contribution in [0.25, 0.3) is 22.0 Å². The molecule has 0 radical (unpaired) electrons. The van der Waals surface area contributed by atoms with Crippen LogP contribution in [-0.4, -0.2) is 17.3 Å². The normalized spacial score (nSPS) is 10.8. The highest BCUT2D eigenvalue weighted by Gasteiger charge is 2.12. The van der Waals surface area contributed by atoms with Gasteiger partial charge in [-0.05, 0) is 49.2 Å². The van der Waals surface area contributed by atoms with Crippen LogP contribution >= 0.6 is 0 Å². The number of H-pyrrole nitrogens is 1. The monoisotopic (exact) mass is 280 g/mol. The molecule has 4 heteroatoms. The number of aromatic amines is 1. The van der Waals surface area contributed by atoms with Gasteiger partial charge >= 0.3 is 0 Å². The minimum atomic E-state index is -0.150. The number of nitrogens with zero attached hydrogens (tertiary/aromatic N) is 1. The van der Waals surface area contributed by atoms with Crippen LogP contribution in [0.2, 0.25) is 0 Å². The van der Waals surface area contributed by atoms with Crippen molar-refractivity contribution in [3.8, 4) is 17.0 Å². The molecule has 3 rings (SSSR count). The topological polar surface area (TPSA) is 55.0 Å². The maximum Gasteiger partial charge on any atom is 0.272 e. The Labute approximate surface area is 122 Å². The molecule has 0 saturated carbocycles. The van der Waals surface area contributed by atoms with Gasteiger partial charge in [-0.1, -0.05) is 12.1 Å². The van der Waals surface area contributed by atoms with Crippen molar-refractivity contribution in [3.63, 3.8) is 0 Å². The second-order valence-corrected chi connectivity index (χ2v) is 5.08. The number of nitrogens with one attached hydrogen (secondary N) is 1. The number of fused-ring (bicyclic) bond motifs is 1. The minimum absolute atomic E-state index is 0.150. The first-order chi connectivity index (χ1) is 10.1. The lowest BCUT2D eigenvalue weighted by atomic mass is 9.98. The number of ether oxygens (including phenoxy) is 1. The average Bonchev–Trinajstić information content (AvgIpc) is 2.51. The molecule has 1 heterocycles. The van der Waals surface area contributed by atoms with Crippen LogP contribution in [-0.2, 0) is 0 Å². The molecular formula is C17H16N2O2. The van der Waals surface area contributed by atoms with E-state index < -0.39 is 0 Å². The molecule has 21 heavy (non-hydrogen) atoms. The summed E-state index contributed by atoms with van der Waals surface area (Å²) in [6.45, 7) is 3.94. The molecule has 0 aliphatic rings. The Hall–Kier alpha value is -2.62. The molecular weight excluding hydrogens is 264 g/mol. The number of rotatable bonds is 2. The lowest BCUT2D eigenvalue weighted by Crippen LogP contribution is -2.11. The Morgan fingerprint density at radius 2 is 1.57 bits per heavy atom. The number of benzene rings is 2. The summed E-state index contributed by atoms with van der Waals surface area (Å²) in [4.78, 5) is 12.1. The van der Waals surface area contributed by atoms with Crippen molar-refractivity contribution in [3.05, 3.63) is 57.9 Å². The summed E-state index contributed by atoms with van der Waals surface area (Å²) < 4.78 is 5.18. The van der Waals surface area contributed by atoms with E-state index in [-0.39, 0.29) is 5.56 Å². The molecule has 1 aromatic heterocycles. The predicted molar refractivity (Wildman–Crippen MR) is 83.8 cm³/mol. The van der Waals surface area contributed by atoms with Crippen molar-refractivity contribution < 1.29 is 4.74 Å². The lowest BCUT2D eigenvalue weighted by Gasteiger charge is -2.10. The van der Waals surface area contributed by atoms with Gasteiger partial charge in [-0.25, -0.2) is 5.10 Å². The van der Waals surface area contributed by atoms with Crippen LogP contribution in [0.15, 0.2) is 41.2 Å². The van der Waals surface area contributed by atoms with Gasteiger partial charge in [0.15, 0.2) is 0 Å². The number of hydrogen-bond donors (Lipinski definition) is 1. The van der Waals surface area contributed by atoms with E-state index >= 15 is 0 Å². The Kier molecular flexibility index (Phi) is 3.22. The van der Waals surface area contributed by atoms with E-state index in [4.69, 9.17) is 4.74 Å². The van der Waals surface area contributed by atoms with E-state index in [2.05, 4.69) is 10.2 Å². The molecule has 2 aromatic carbocycles. The smallest absolute Gasteiger partial charge is 0.272 e. The number of aryl methyl sites for hydroxylation is 2. The van der Waals surface area contributed by atoms with Gasteiger partial charge in [0.2, 0.25) is 0 Å². The molecule has 1 N–H and O–H groups in total. The Bertz CT molecular complexity index is 864. The molecule has 0 amide bonds. The minimum Gasteiger partial charge on any atom is -0.497 e. The molecule has 0 unspecified atom stereocenters. The fraction of sp³-hybridized carbons (Fsp3) is 0.176. The van der Waals surface area contributed by atoms with Gasteiger partial charge in [-0.15, -0.1) is 0 Å². The van der Waals surface area contributed by atoms with Gasteiger partial charge in [0.25, 0.3) is 5.56 Å². The fourth-order valence-corrected chi connectivity index (χ4v) is 2.59. The molecule has 3 aromatic rings. The first-order valence-corrected chi connectivity index (χ1v) is 6.75. The van der Waals surface area contributed by atoms with Crippen molar-refractivity contribution in [2.45, 2.75) is 13.8 Å². The maximum absolute atomic E-state index is 12.1.